The number of carbonyl (C=O) groups excluding carboxylic acids is 1. The summed E-state index contributed by atoms with van der Waals surface area (Å²) in [4.78, 5) is 12.1. The second-order valence-corrected chi connectivity index (χ2v) is 5.84. The molecule has 0 amide bonds. The monoisotopic (exact) mass is 366 g/mol. The lowest BCUT2D eigenvalue weighted by molar-refractivity contribution is 0.0472. The fraction of sp³-hybridized carbons (Fsp3) is 0.136. The third kappa shape index (κ3) is 5.07. The van der Waals surface area contributed by atoms with Crippen LogP contribution in [-0.2, 0) is 18.0 Å². The van der Waals surface area contributed by atoms with E-state index < -0.39 is 11.8 Å². The molecule has 0 saturated carbocycles. The molecule has 0 aromatic heterocycles. The molecule has 4 nitrogen and oxygen atoms in total. The van der Waals surface area contributed by atoms with Gasteiger partial charge in [0, 0.05) is 0 Å². The first-order chi connectivity index (χ1) is 13.2. The van der Waals surface area contributed by atoms with Gasteiger partial charge in [-0.15, -0.1) is 0 Å². The zero-order chi connectivity index (χ0) is 19.1. The van der Waals surface area contributed by atoms with E-state index in [1.165, 1.54) is 19.2 Å². The van der Waals surface area contributed by atoms with Gasteiger partial charge in [-0.25, -0.2) is 9.18 Å². The number of rotatable bonds is 7. The van der Waals surface area contributed by atoms with Gasteiger partial charge in [0.1, 0.15) is 19.0 Å². The number of para-hydroxylation sites is 1. The average molecular weight is 366 g/mol. The lowest BCUT2D eigenvalue weighted by atomic mass is 10.1. The highest BCUT2D eigenvalue weighted by molar-refractivity contribution is 5.89. The molecule has 0 spiro atoms. The van der Waals surface area contributed by atoms with Gasteiger partial charge in [0.15, 0.2) is 11.6 Å². The van der Waals surface area contributed by atoms with E-state index in [0.717, 1.165) is 11.3 Å². The Hall–Kier alpha value is -3.34. The van der Waals surface area contributed by atoms with Crippen molar-refractivity contribution < 1.29 is 23.4 Å². The van der Waals surface area contributed by atoms with E-state index in [4.69, 9.17) is 14.2 Å². The Kier molecular flexibility index (Phi) is 6.05. The Bertz CT molecular complexity index is 892. The number of ether oxygens (including phenoxy) is 3. The summed E-state index contributed by atoms with van der Waals surface area (Å²) in [5, 5.41) is 0. The minimum Gasteiger partial charge on any atom is -0.494 e. The molecule has 0 bridgehead atoms. The lowest BCUT2D eigenvalue weighted by Gasteiger charge is -2.08. The van der Waals surface area contributed by atoms with Crippen LogP contribution in [0.15, 0.2) is 72.8 Å². The Balaban J connectivity index is 1.53. The van der Waals surface area contributed by atoms with Crippen molar-refractivity contribution in [2.75, 3.05) is 7.11 Å². The molecule has 0 unspecified atom stereocenters. The van der Waals surface area contributed by atoms with Crippen LogP contribution in [-0.4, -0.2) is 13.1 Å². The summed E-state index contributed by atoms with van der Waals surface area (Å²) in [6.07, 6.45) is 0. The van der Waals surface area contributed by atoms with Crippen molar-refractivity contribution >= 4 is 5.97 Å². The first kappa shape index (κ1) is 18.5. The molecular weight excluding hydrogens is 347 g/mol. The highest BCUT2D eigenvalue weighted by atomic mass is 19.1. The van der Waals surface area contributed by atoms with Gasteiger partial charge < -0.3 is 14.2 Å². The summed E-state index contributed by atoms with van der Waals surface area (Å²) in [6, 6.07) is 20.9. The van der Waals surface area contributed by atoms with Crippen LogP contribution in [0.4, 0.5) is 4.39 Å². The van der Waals surface area contributed by atoms with Crippen molar-refractivity contribution in [1.29, 1.82) is 0 Å². The fourth-order valence-electron chi connectivity index (χ4n) is 2.45. The van der Waals surface area contributed by atoms with E-state index >= 15 is 0 Å². The number of benzene rings is 3. The van der Waals surface area contributed by atoms with Crippen molar-refractivity contribution in [2.24, 2.45) is 0 Å². The predicted octanol–water partition coefficient (Wildman–Crippen LogP) is 4.77. The van der Waals surface area contributed by atoms with Crippen LogP contribution in [0.25, 0.3) is 0 Å². The smallest absolute Gasteiger partial charge is 0.338 e. The maximum atomic E-state index is 13.7. The number of halogens is 1. The first-order valence-corrected chi connectivity index (χ1v) is 8.42. The minimum atomic E-state index is -0.492. The SMILES string of the molecule is COc1ccc(COC(=O)c2ccc(COc3ccccc3)cc2)cc1F. The van der Waals surface area contributed by atoms with Crippen molar-refractivity contribution in [1.82, 2.24) is 0 Å². The second-order valence-electron chi connectivity index (χ2n) is 5.84. The molecule has 0 N–H and O–H groups in total. The zero-order valence-corrected chi connectivity index (χ0v) is 14.9. The molecule has 0 aliphatic carbocycles. The van der Waals surface area contributed by atoms with Crippen LogP contribution in [0.3, 0.4) is 0 Å². The maximum absolute atomic E-state index is 13.7. The Morgan fingerprint density at radius 1 is 0.889 bits per heavy atom. The van der Waals surface area contributed by atoms with Gasteiger partial charge in [-0.2, -0.15) is 0 Å². The van der Waals surface area contributed by atoms with Crippen LogP contribution in [0.2, 0.25) is 0 Å². The van der Waals surface area contributed by atoms with E-state index in [-0.39, 0.29) is 12.4 Å². The van der Waals surface area contributed by atoms with Crippen molar-refractivity contribution in [3.8, 4) is 11.5 Å². The molecule has 0 atom stereocenters. The summed E-state index contributed by atoms with van der Waals surface area (Å²) >= 11 is 0. The zero-order valence-electron chi connectivity index (χ0n) is 14.9. The fourth-order valence-corrected chi connectivity index (χ4v) is 2.45. The van der Waals surface area contributed by atoms with Crippen LogP contribution >= 0.6 is 0 Å². The molecule has 0 aliphatic heterocycles. The number of carbonyl (C=O) groups is 1. The molecule has 0 radical (unpaired) electrons. The van der Waals surface area contributed by atoms with Crippen LogP contribution in [0.1, 0.15) is 21.5 Å². The van der Waals surface area contributed by atoms with Gasteiger partial charge in [-0.05, 0) is 47.5 Å². The topological polar surface area (TPSA) is 44.8 Å². The molecule has 0 aliphatic rings. The quantitative estimate of drug-likeness (QED) is 0.565. The standard InChI is InChI=1S/C22H19FO4/c1-25-21-12-9-17(13-20(21)23)15-27-22(24)18-10-7-16(8-11-18)14-26-19-5-3-2-4-6-19/h2-13H,14-15H2,1H3. The number of hydrogen-bond acceptors (Lipinski definition) is 4. The van der Waals surface area contributed by atoms with Crippen LogP contribution in [0, 0.1) is 5.82 Å². The normalized spacial score (nSPS) is 10.3. The minimum absolute atomic E-state index is 0.0153. The van der Waals surface area contributed by atoms with Crippen LogP contribution in [0.5, 0.6) is 11.5 Å². The first-order valence-electron chi connectivity index (χ1n) is 8.42. The number of esters is 1. The molecular formula is C22H19FO4. The Labute approximate surface area is 157 Å². The largest absolute Gasteiger partial charge is 0.494 e. The molecule has 138 valence electrons. The number of hydrogen-bond donors (Lipinski definition) is 0. The average Bonchev–Trinajstić information content (AvgIpc) is 2.72. The summed E-state index contributed by atoms with van der Waals surface area (Å²) in [5.41, 5.74) is 1.91. The van der Waals surface area contributed by atoms with Crippen molar-refractivity contribution in [2.45, 2.75) is 13.2 Å². The number of methoxy groups -OCH3 is 1. The highest BCUT2D eigenvalue weighted by Crippen LogP contribution is 2.18. The molecule has 3 aromatic rings. The lowest BCUT2D eigenvalue weighted by Crippen LogP contribution is -2.06. The van der Waals surface area contributed by atoms with Crippen LogP contribution < -0.4 is 9.47 Å². The maximum Gasteiger partial charge on any atom is 0.338 e. The summed E-state index contributed by atoms with van der Waals surface area (Å²) in [5.74, 6) is -0.0262. The molecule has 5 heteroatoms. The van der Waals surface area contributed by atoms with E-state index in [1.54, 1.807) is 18.2 Å². The van der Waals surface area contributed by atoms with Gasteiger partial charge in [-0.3, -0.25) is 0 Å². The third-order valence-corrected chi connectivity index (χ3v) is 3.92. The molecule has 0 heterocycles. The molecule has 3 rings (SSSR count). The van der Waals surface area contributed by atoms with E-state index in [0.29, 0.717) is 17.7 Å². The summed E-state index contributed by atoms with van der Waals surface area (Å²) in [7, 11) is 1.40. The summed E-state index contributed by atoms with van der Waals surface area (Å²) in [6.45, 7) is 0.392. The Morgan fingerprint density at radius 2 is 1.59 bits per heavy atom. The van der Waals surface area contributed by atoms with Crippen molar-refractivity contribution in [3.63, 3.8) is 0 Å². The molecule has 0 saturated heterocycles. The molecule has 3 aromatic carbocycles. The van der Waals surface area contributed by atoms with Gasteiger partial charge in [0.2, 0.25) is 0 Å². The molecule has 0 fully saturated rings. The predicted molar refractivity (Wildman–Crippen MR) is 99.3 cm³/mol. The van der Waals surface area contributed by atoms with Gasteiger partial charge >= 0.3 is 5.97 Å². The van der Waals surface area contributed by atoms with Gasteiger partial charge in [0.05, 0.1) is 12.7 Å². The third-order valence-electron chi connectivity index (χ3n) is 3.92. The van der Waals surface area contributed by atoms with E-state index in [2.05, 4.69) is 0 Å². The molecule has 27 heavy (non-hydrogen) atoms. The summed E-state index contributed by atoms with van der Waals surface area (Å²) < 4.78 is 29.4. The van der Waals surface area contributed by atoms with Gasteiger partial charge in [-0.1, -0.05) is 36.4 Å². The second kappa shape index (κ2) is 8.85. The highest BCUT2D eigenvalue weighted by Gasteiger charge is 2.09. The van der Waals surface area contributed by atoms with Gasteiger partial charge in [0.25, 0.3) is 0 Å². The van der Waals surface area contributed by atoms with E-state index in [1.807, 2.05) is 42.5 Å². The van der Waals surface area contributed by atoms with E-state index in [9.17, 15) is 9.18 Å². The van der Waals surface area contributed by atoms with Crippen molar-refractivity contribution in [3.05, 3.63) is 95.3 Å². The Morgan fingerprint density at radius 3 is 2.26 bits per heavy atom.